The second-order valence-electron chi connectivity index (χ2n) is 7.51. The maximum Gasteiger partial charge on any atom is 0.280 e. The Bertz CT molecular complexity index is 1160. The summed E-state index contributed by atoms with van der Waals surface area (Å²) in [5.41, 5.74) is 1.85. The Balaban J connectivity index is 1.60. The molecule has 34 heavy (non-hydrogen) atoms. The van der Waals surface area contributed by atoms with Gasteiger partial charge in [0, 0.05) is 25.8 Å². The topological polar surface area (TPSA) is 107 Å². The molecule has 1 amide bonds. The Morgan fingerprint density at radius 2 is 1.76 bits per heavy atom. The van der Waals surface area contributed by atoms with Gasteiger partial charge in [0.05, 0.1) is 54.6 Å². The number of hydrogen-bond donors (Lipinski definition) is 0. The van der Waals surface area contributed by atoms with Crippen LogP contribution in [0, 0.1) is 10.1 Å². The zero-order valence-electron chi connectivity index (χ0n) is 19.0. The number of morpholine rings is 1. The highest BCUT2D eigenvalue weighted by Gasteiger charge is 2.31. The molecule has 11 heteroatoms. The molecule has 2 heterocycles. The average Bonchev–Trinajstić information content (AvgIpc) is 3.12. The van der Waals surface area contributed by atoms with Gasteiger partial charge in [0.1, 0.15) is 0 Å². The minimum absolute atomic E-state index is 0.190. The molecule has 2 aliphatic rings. The molecular formula is C23H24N4O6S. The van der Waals surface area contributed by atoms with E-state index >= 15 is 0 Å². The van der Waals surface area contributed by atoms with Crippen molar-refractivity contribution in [2.75, 3.05) is 52.5 Å². The quantitative estimate of drug-likeness (QED) is 0.347. The Hall–Kier alpha value is -3.57. The molecule has 2 aliphatic heterocycles. The van der Waals surface area contributed by atoms with Crippen LogP contribution in [0.1, 0.15) is 5.56 Å². The Kier molecular flexibility index (Phi) is 7.03. The number of likely N-dealkylation sites (N-methyl/N-ethyl adjacent to an activating group) is 1. The molecule has 0 spiro atoms. The van der Waals surface area contributed by atoms with Crippen LogP contribution in [0.3, 0.4) is 0 Å². The van der Waals surface area contributed by atoms with Crippen molar-refractivity contribution in [2.45, 2.75) is 0 Å². The van der Waals surface area contributed by atoms with Gasteiger partial charge in [0.15, 0.2) is 16.7 Å². The Labute approximate surface area is 200 Å². The number of ether oxygens (including phenoxy) is 3. The van der Waals surface area contributed by atoms with Gasteiger partial charge in [-0.3, -0.25) is 19.8 Å². The van der Waals surface area contributed by atoms with Gasteiger partial charge in [-0.2, -0.15) is 0 Å². The van der Waals surface area contributed by atoms with E-state index in [0.717, 1.165) is 30.5 Å². The number of aliphatic imine (C=N–C) groups is 1. The summed E-state index contributed by atoms with van der Waals surface area (Å²) in [6.07, 6.45) is 1.48. The molecule has 0 N–H and O–H groups in total. The van der Waals surface area contributed by atoms with E-state index in [1.54, 1.807) is 7.05 Å². The van der Waals surface area contributed by atoms with Gasteiger partial charge >= 0.3 is 0 Å². The van der Waals surface area contributed by atoms with Crippen molar-refractivity contribution in [1.29, 1.82) is 0 Å². The van der Waals surface area contributed by atoms with Gasteiger partial charge in [0.25, 0.3) is 11.6 Å². The molecule has 2 fully saturated rings. The summed E-state index contributed by atoms with van der Waals surface area (Å²) < 4.78 is 15.8. The number of hydrogen-bond acceptors (Lipinski definition) is 9. The largest absolute Gasteiger partial charge is 0.493 e. The summed E-state index contributed by atoms with van der Waals surface area (Å²) >= 11 is 1.16. The average molecular weight is 485 g/mol. The molecule has 0 aliphatic carbocycles. The van der Waals surface area contributed by atoms with E-state index in [1.165, 1.54) is 37.3 Å². The maximum atomic E-state index is 12.8. The molecule has 10 nitrogen and oxygen atoms in total. The molecule has 4 rings (SSSR count). The minimum Gasteiger partial charge on any atom is -0.493 e. The van der Waals surface area contributed by atoms with E-state index in [9.17, 15) is 14.9 Å². The fourth-order valence-corrected chi connectivity index (χ4v) is 4.60. The van der Waals surface area contributed by atoms with Crippen LogP contribution in [-0.2, 0) is 9.53 Å². The normalized spacial score (nSPS) is 18.6. The highest BCUT2D eigenvalue weighted by atomic mass is 32.2. The third kappa shape index (κ3) is 4.85. The fourth-order valence-electron chi connectivity index (χ4n) is 3.62. The SMILES string of the molecule is COc1cc(C=C2SC(=Nc3ccc(N4CCOCC4)cc3)N(C)C2=O)c([N+](=O)[O-])cc1OC. The van der Waals surface area contributed by atoms with Gasteiger partial charge in [0.2, 0.25) is 0 Å². The van der Waals surface area contributed by atoms with E-state index in [-0.39, 0.29) is 22.9 Å². The van der Waals surface area contributed by atoms with E-state index in [1.807, 2.05) is 24.3 Å². The lowest BCUT2D eigenvalue weighted by Crippen LogP contribution is -2.36. The number of carbonyl (C=O) groups is 1. The summed E-state index contributed by atoms with van der Waals surface area (Å²) in [5.74, 6) is 0.275. The monoisotopic (exact) mass is 484 g/mol. The molecule has 2 aromatic carbocycles. The number of rotatable bonds is 6. The molecule has 0 saturated carbocycles. The van der Waals surface area contributed by atoms with Crippen molar-refractivity contribution < 1.29 is 23.9 Å². The van der Waals surface area contributed by atoms with Crippen molar-refractivity contribution in [1.82, 2.24) is 4.90 Å². The summed E-state index contributed by atoms with van der Waals surface area (Å²) in [5, 5.41) is 12.1. The van der Waals surface area contributed by atoms with Crippen LogP contribution in [0.4, 0.5) is 17.1 Å². The highest BCUT2D eigenvalue weighted by molar-refractivity contribution is 8.18. The van der Waals surface area contributed by atoms with Crippen LogP contribution in [0.25, 0.3) is 6.08 Å². The predicted molar refractivity (Wildman–Crippen MR) is 131 cm³/mol. The molecule has 0 aromatic heterocycles. The van der Waals surface area contributed by atoms with Crippen LogP contribution in [0.2, 0.25) is 0 Å². The molecule has 0 atom stereocenters. The standard InChI is InChI=1S/C23H24N4O6S/c1-25-22(28)21(13-15-12-19(31-2)20(32-3)14-18(15)27(29)30)34-23(25)24-16-4-6-17(7-5-16)26-8-10-33-11-9-26/h4-7,12-14H,8-11H2,1-3H3. The predicted octanol–water partition coefficient (Wildman–Crippen LogP) is 3.68. The fraction of sp³-hybridized carbons (Fsp3) is 0.304. The zero-order chi connectivity index (χ0) is 24.2. The van der Waals surface area contributed by atoms with Crippen molar-refractivity contribution in [3.05, 3.63) is 57.0 Å². The summed E-state index contributed by atoms with van der Waals surface area (Å²) in [7, 11) is 4.47. The maximum absolute atomic E-state index is 12.8. The van der Waals surface area contributed by atoms with Crippen LogP contribution < -0.4 is 14.4 Å². The van der Waals surface area contributed by atoms with Gasteiger partial charge in [-0.15, -0.1) is 0 Å². The molecule has 0 bridgehead atoms. The van der Waals surface area contributed by atoms with Crippen LogP contribution in [-0.4, -0.2) is 68.5 Å². The molecular weight excluding hydrogens is 460 g/mol. The van der Waals surface area contributed by atoms with Crippen molar-refractivity contribution in [2.24, 2.45) is 4.99 Å². The zero-order valence-corrected chi connectivity index (χ0v) is 19.8. The third-order valence-corrected chi connectivity index (χ3v) is 6.53. The van der Waals surface area contributed by atoms with E-state index in [4.69, 9.17) is 14.2 Å². The Morgan fingerprint density at radius 1 is 1.12 bits per heavy atom. The lowest BCUT2D eigenvalue weighted by molar-refractivity contribution is -0.385. The summed E-state index contributed by atoms with van der Waals surface area (Å²) in [6, 6.07) is 10.6. The van der Waals surface area contributed by atoms with Gasteiger partial charge in [-0.25, -0.2) is 4.99 Å². The summed E-state index contributed by atoms with van der Waals surface area (Å²) in [6.45, 7) is 3.11. The first-order valence-corrected chi connectivity index (χ1v) is 11.3. The Morgan fingerprint density at radius 3 is 2.38 bits per heavy atom. The number of thioether (sulfide) groups is 1. The first-order valence-electron chi connectivity index (χ1n) is 10.5. The van der Waals surface area contributed by atoms with E-state index in [0.29, 0.717) is 34.7 Å². The number of amidine groups is 1. The first-order chi connectivity index (χ1) is 16.4. The van der Waals surface area contributed by atoms with Crippen molar-refractivity contribution in [3.8, 4) is 11.5 Å². The van der Waals surface area contributed by atoms with Gasteiger partial charge in [-0.05, 0) is 48.2 Å². The smallest absolute Gasteiger partial charge is 0.280 e. The summed E-state index contributed by atoms with van der Waals surface area (Å²) in [4.78, 5) is 32.5. The lowest BCUT2D eigenvalue weighted by atomic mass is 10.1. The van der Waals surface area contributed by atoms with Crippen molar-refractivity contribution >= 4 is 46.0 Å². The van der Waals surface area contributed by atoms with Crippen molar-refractivity contribution in [3.63, 3.8) is 0 Å². The number of amides is 1. The molecule has 0 radical (unpaired) electrons. The minimum atomic E-state index is -0.521. The number of nitro benzene ring substituents is 1. The first kappa shape index (κ1) is 23.6. The van der Waals surface area contributed by atoms with E-state index in [2.05, 4.69) is 9.89 Å². The number of nitrogens with zero attached hydrogens (tertiary/aromatic N) is 4. The van der Waals surface area contributed by atoms with Crippen LogP contribution in [0.15, 0.2) is 46.3 Å². The number of anilines is 1. The van der Waals surface area contributed by atoms with Gasteiger partial charge in [-0.1, -0.05) is 0 Å². The second-order valence-corrected chi connectivity index (χ2v) is 8.52. The van der Waals surface area contributed by atoms with E-state index < -0.39 is 4.92 Å². The van der Waals surface area contributed by atoms with Gasteiger partial charge < -0.3 is 19.1 Å². The number of methoxy groups -OCH3 is 2. The number of benzene rings is 2. The van der Waals surface area contributed by atoms with Crippen LogP contribution >= 0.6 is 11.8 Å². The molecule has 2 aromatic rings. The molecule has 178 valence electrons. The lowest BCUT2D eigenvalue weighted by Gasteiger charge is -2.28. The number of nitro groups is 1. The third-order valence-electron chi connectivity index (χ3n) is 5.47. The second kappa shape index (κ2) is 10.1. The highest BCUT2D eigenvalue weighted by Crippen LogP contribution is 2.39. The number of carbonyl (C=O) groups excluding carboxylic acids is 1. The molecule has 0 unspecified atom stereocenters. The van der Waals surface area contributed by atoms with Crippen LogP contribution in [0.5, 0.6) is 11.5 Å². The molecule has 2 saturated heterocycles.